The average Bonchev–Trinajstić information content (AvgIpc) is 2.57. The van der Waals surface area contributed by atoms with Gasteiger partial charge in [0.2, 0.25) is 5.91 Å². The summed E-state index contributed by atoms with van der Waals surface area (Å²) >= 11 is 3.49. The van der Waals surface area contributed by atoms with E-state index in [2.05, 4.69) is 26.6 Å². The van der Waals surface area contributed by atoms with Crippen molar-refractivity contribution in [2.75, 3.05) is 0 Å². The highest BCUT2D eigenvalue weighted by Crippen LogP contribution is 2.37. The van der Waals surface area contributed by atoms with Gasteiger partial charge in [0.1, 0.15) is 6.04 Å². The second kappa shape index (κ2) is 3.57. The van der Waals surface area contributed by atoms with Crippen molar-refractivity contribution in [1.82, 2.24) is 10.6 Å². The standard InChI is InChI=1S/C12H13BrN2O/c13-9-5-2-1-4-8(9)10-11(16)15-12(14-10)6-3-7-12/h1-2,4-5,10,14H,3,6-7H2,(H,15,16). The van der Waals surface area contributed by atoms with E-state index >= 15 is 0 Å². The van der Waals surface area contributed by atoms with Crippen LogP contribution in [0.4, 0.5) is 0 Å². The summed E-state index contributed by atoms with van der Waals surface area (Å²) in [6.07, 6.45) is 3.27. The summed E-state index contributed by atoms with van der Waals surface area (Å²) < 4.78 is 0.985. The fourth-order valence-corrected chi connectivity index (χ4v) is 2.93. The van der Waals surface area contributed by atoms with Crippen molar-refractivity contribution >= 4 is 21.8 Å². The van der Waals surface area contributed by atoms with Crippen LogP contribution < -0.4 is 10.6 Å². The fourth-order valence-electron chi connectivity index (χ4n) is 2.41. The van der Waals surface area contributed by atoms with Crippen LogP contribution in [-0.4, -0.2) is 11.6 Å². The zero-order chi connectivity index (χ0) is 11.2. The molecule has 1 aliphatic carbocycles. The molecule has 1 spiro atoms. The van der Waals surface area contributed by atoms with Crippen LogP contribution in [0.15, 0.2) is 28.7 Å². The molecule has 84 valence electrons. The molecule has 2 aliphatic rings. The Morgan fingerprint density at radius 3 is 2.62 bits per heavy atom. The minimum atomic E-state index is -0.212. The van der Waals surface area contributed by atoms with Crippen molar-refractivity contribution in [3.63, 3.8) is 0 Å². The Hall–Kier alpha value is -0.870. The molecule has 1 aliphatic heterocycles. The number of hydrogen-bond acceptors (Lipinski definition) is 2. The molecule has 1 amide bonds. The average molecular weight is 281 g/mol. The molecule has 1 heterocycles. The van der Waals surface area contributed by atoms with Gasteiger partial charge in [-0.05, 0) is 30.9 Å². The highest BCUT2D eigenvalue weighted by molar-refractivity contribution is 9.10. The third-order valence-corrected chi connectivity index (χ3v) is 4.19. The predicted molar refractivity (Wildman–Crippen MR) is 64.7 cm³/mol. The molecule has 1 unspecified atom stereocenters. The molecular formula is C12H13BrN2O. The third-order valence-electron chi connectivity index (χ3n) is 3.47. The minimum absolute atomic E-state index is 0.0894. The molecule has 1 aromatic rings. The van der Waals surface area contributed by atoms with Crippen LogP contribution in [0.5, 0.6) is 0 Å². The van der Waals surface area contributed by atoms with Gasteiger partial charge in [0.05, 0.1) is 5.66 Å². The molecule has 3 rings (SSSR count). The van der Waals surface area contributed by atoms with E-state index in [-0.39, 0.29) is 17.6 Å². The van der Waals surface area contributed by atoms with E-state index in [9.17, 15) is 4.79 Å². The maximum atomic E-state index is 11.9. The molecule has 16 heavy (non-hydrogen) atoms. The smallest absolute Gasteiger partial charge is 0.243 e. The molecule has 1 saturated carbocycles. The first-order valence-corrected chi connectivity index (χ1v) is 6.34. The molecule has 0 aromatic heterocycles. The first kappa shape index (κ1) is 10.3. The Bertz CT molecular complexity index is 442. The lowest BCUT2D eigenvalue weighted by Gasteiger charge is -2.38. The zero-order valence-electron chi connectivity index (χ0n) is 8.79. The molecule has 2 fully saturated rings. The highest BCUT2D eigenvalue weighted by Gasteiger charge is 2.48. The quantitative estimate of drug-likeness (QED) is 0.827. The van der Waals surface area contributed by atoms with E-state index < -0.39 is 0 Å². The Morgan fingerprint density at radius 1 is 1.31 bits per heavy atom. The number of carbonyl (C=O) groups excluding carboxylic acids is 1. The Morgan fingerprint density at radius 2 is 2.06 bits per heavy atom. The molecule has 0 radical (unpaired) electrons. The van der Waals surface area contributed by atoms with E-state index in [1.807, 2.05) is 24.3 Å². The topological polar surface area (TPSA) is 41.1 Å². The van der Waals surface area contributed by atoms with Gasteiger partial charge in [0, 0.05) is 4.47 Å². The Kier molecular flexibility index (Phi) is 2.30. The molecule has 3 nitrogen and oxygen atoms in total. The lowest BCUT2D eigenvalue weighted by molar-refractivity contribution is -0.121. The normalized spacial score (nSPS) is 26.6. The van der Waals surface area contributed by atoms with Gasteiger partial charge in [-0.25, -0.2) is 0 Å². The van der Waals surface area contributed by atoms with Gasteiger partial charge in [-0.2, -0.15) is 0 Å². The third kappa shape index (κ3) is 1.48. The maximum Gasteiger partial charge on any atom is 0.243 e. The van der Waals surface area contributed by atoms with Gasteiger partial charge in [-0.3, -0.25) is 10.1 Å². The highest BCUT2D eigenvalue weighted by atomic mass is 79.9. The van der Waals surface area contributed by atoms with Crippen molar-refractivity contribution in [2.45, 2.75) is 31.0 Å². The molecular weight excluding hydrogens is 268 g/mol. The van der Waals surface area contributed by atoms with Crippen molar-refractivity contribution in [3.05, 3.63) is 34.3 Å². The monoisotopic (exact) mass is 280 g/mol. The molecule has 2 N–H and O–H groups in total. The lowest BCUT2D eigenvalue weighted by atomic mass is 9.85. The van der Waals surface area contributed by atoms with Crippen molar-refractivity contribution in [3.8, 4) is 0 Å². The SMILES string of the molecule is O=C1NC2(CCC2)NC1c1ccccc1Br. The number of hydrogen-bond donors (Lipinski definition) is 2. The number of amides is 1. The van der Waals surface area contributed by atoms with Crippen LogP contribution in [0.1, 0.15) is 30.9 Å². The van der Waals surface area contributed by atoms with Gasteiger partial charge in [-0.15, -0.1) is 0 Å². The van der Waals surface area contributed by atoms with Gasteiger partial charge in [0.25, 0.3) is 0 Å². The van der Waals surface area contributed by atoms with Crippen LogP contribution in [0.25, 0.3) is 0 Å². The van der Waals surface area contributed by atoms with Crippen LogP contribution >= 0.6 is 15.9 Å². The molecule has 0 bridgehead atoms. The summed E-state index contributed by atoms with van der Waals surface area (Å²) in [5, 5.41) is 6.49. The van der Waals surface area contributed by atoms with E-state index in [1.54, 1.807) is 0 Å². The zero-order valence-corrected chi connectivity index (χ0v) is 10.4. The lowest BCUT2D eigenvalue weighted by Crippen LogP contribution is -2.55. The van der Waals surface area contributed by atoms with Crippen LogP contribution in [0, 0.1) is 0 Å². The summed E-state index contributed by atoms with van der Waals surface area (Å²) in [6.45, 7) is 0. The van der Waals surface area contributed by atoms with E-state index in [0.717, 1.165) is 22.9 Å². The molecule has 1 aromatic carbocycles. The summed E-state index contributed by atoms with van der Waals surface area (Å²) in [7, 11) is 0. The van der Waals surface area contributed by atoms with Crippen LogP contribution in [0.2, 0.25) is 0 Å². The maximum absolute atomic E-state index is 11.9. The van der Waals surface area contributed by atoms with Crippen LogP contribution in [0.3, 0.4) is 0 Å². The molecule has 1 atom stereocenters. The van der Waals surface area contributed by atoms with Crippen LogP contribution in [-0.2, 0) is 4.79 Å². The van der Waals surface area contributed by atoms with E-state index in [0.29, 0.717) is 0 Å². The number of rotatable bonds is 1. The largest absolute Gasteiger partial charge is 0.336 e. The number of carbonyl (C=O) groups is 1. The first-order valence-electron chi connectivity index (χ1n) is 5.54. The van der Waals surface area contributed by atoms with Gasteiger partial charge in [0.15, 0.2) is 0 Å². The number of nitrogens with one attached hydrogen (secondary N) is 2. The minimum Gasteiger partial charge on any atom is -0.336 e. The Balaban J connectivity index is 1.91. The number of halogens is 1. The van der Waals surface area contributed by atoms with Gasteiger partial charge in [-0.1, -0.05) is 34.1 Å². The Labute approximate surface area is 103 Å². The summed E-state index contributed by atoms with van der Waals surface area (Å²) in [6, 6.07) is 7.66. The fraction of sp³-hybridized carbons (Fsp3) is 0.417. The van der Waals surface area contributed by atoms with Crippen molar-refractivity contribution in [2.24, 2.45) is 0 Å². The second-order valence-electron chi connectivity index (χ2n) is 4.52. The van der Waals surface area contributed by atoms with E-state index in [1.165, 1.54) is 6.42 Å². The number of benzene rings is 1. The summed E-state index contributed by atoms with van der Waals surface area (Å²) in [5.41, 5.74) is 0.903. The van der Waals surface area contributed by atoms with E-state index in [4.69, 9.17) is 0 Å². The predicted octanol–water partition coefficient (Wildman–Crippen LogP) is 2.09. The summed E-state index contributed by atoms with van der Waals surface area (Å²) in [4.78, 5) is 11.9. The second-order valence-corrected chi connectivity index (χ2v) is 5.38. The van der Waals surface area contributed by atoms with Gasteiger partial charge < -0.3 is 5.32 Å². The summed E-state index contributed by atoms with van der Waals surface area (Å²) in [5.74, 6) is 0.0894. The van der Waals surface area contributed by atoms with Crippen molar-refractivity contribution in [1.29, 1.82) is 0 Å². The molecule has 4 heteroatoms. The van der Waals surface area contributed by atoms with Gasteiger partial charge >= 0.3 is 0 Å². The first-order chi connectivity index (χ1) is 7.70. The molecule has 1 saturated heterocycles. The van der Waals surface area contributed by atoms with Crippen molar-refractivity contribution < 1.29 is 4.79 Å².